The normalized spacial score (nSPS) is 12.6. The van der Waals surface area contributed by atoms with Crippen LogP contribution >= 0.6 is 0 Å². The molecule has 0 saturated carbocycles. The highest BCUT2D eigenvalue weighted by Gasteiger charge is 2.14. The maximum atomic E-state index is 12.5. The zero-order valence-electron chi connectivity index (χ0n) is 14.8. The fourth-order valence-electron chi connectivity index (χ4n) is 3.14. The van der Waals surface area contributed by atoms with Gasteiger partial charge in [0.15, 0.2) is 11.5 Å². The summed E-state index contributed by atoms with van der Waals surface area (Å²) in [6.07, 6.45) is 1.83. The van der Waals surface area contributed by atoms with Crippen molar-refractivity contribution in [3.63, 3.8) is 0 Å². The Morgan fingerprint density at radius 2 is 1.85 bits per heavy atom. The van der Waals surface area contributed by atoms with E-state index in [4.69, 9.17) is 9.47 Å². The van der Waals surface area contributed by atoms with Gasteiger partial charge in [0, 0.05) is 30.3 Å². The van der Waals surface area contributed by atoms with Crippen LogP contribution < -0.4 is 20.1 Å². The van der Waals surface area contributed by atoms with E-state index in [1.165, 1.54) is 6.92 Å². The first kappa shape index (κ1) is 17.0. The Balaban J connectivity index is 1.51. The van der Waals surface area contributed by atoms with Gasteiger partial charge in [-0.1, -0.05) is 6.07 Å². The van der Waals surface area contributed by atoms with Crippen molar-refractivity contribution in [2.75, 3.05) is 23.8 Å². The molecule has 7 heteroatoms. The van der Waals surface area contributed by atoms with E-state index < -0.39 is 0 Å². The highest BCUT2D eigenvalue weighted by atomic mass is 16.6. The number of aromatic nitrogens is 1. The van der Waals surface area contributed by atoms with Crippen LogP contribution in [0.3, 0.4) is 0 Å². The van der Waals surface area contributed by atoms with Gasteiger partial charge in [-0.05, 0) is 30.3 Å². The summed E-state index contributed by atoms with van der Waals surface area (Å²) in [5.74, 6) is 1.02. The first-order valence-electron chi connectivity index (χ1n) is 8.65. The molecule has 2 aromatic carbocycles. The number of fused-ring (bicyclic) bond motifs is 2. The van der Waals surface area contributed by atoms with Crippen LogP contribution in [-0.2, 0) is 16.1 Å². The Labute approximate surface area is 155 Å². The van der Waals surface area contributed by atoms with Crippen molar-refractivity contribution < 1.29 is 19.1 Å². The largest absolute Gasteiger partial charge is 0.486 e. The molecular weight excluding hydrogens is 346 g/mol. The van der Waals surface area contributed by atoms with E-state index in [-0.39, 0.29) is 18.4 Å². The van der Waals surface area contributed by atoms with Crippen LogP contribution in [0.2, 0.25) is 0 Å². The van der Waals surface area contributed by atoms with E-state index in [1.807, 2.05) is 35.0 Å². The van der Waals surface area contributed by atoms with Crippen molar-refractivity contribution in [2.45, 2.75) is 13.5 Å². The second kappa shape index (κ2) is 7.03. The lowest BCUT2D eigenvalue weighted by atomic mass is 10.2. The van der Waals surface area contributed by atoms with Crippen molar-refractivity contribution in [1.29, 1.82) is 0 Å². The third-order valence-corrected chi connectivity index (χ3v) is 4.26. The van der Waals surface area contributed by atoms with Crippen molar-refractivity contribution in [3.8, 4) is 11.5 Å². The predicted octanol–water partition coefficient (Wildman–Crippen LogP) is 3.01. The van der Waals surface area contributed by atoms with Crippen LogP contribution in [0.4, 0.5) is 11.4 Å². The van der Waals surface area contributed by atoms with Crippen LogP contribution in [0.5, 0.6) is 11.5 Å². The molecule has 0 aliphatic carbocycles. The Kier molecular flexibility index (Phi) is 4.42. The highest BCUT2D eigenvalue weighted by Crippen LogP contribution is 2.32. The summed E-state index contributed by atoms with van der Waals surface area (Å²) < 4.78 is 12.9. The number of amides is 2. The van der Waals surface area contributed by atoms with Crippen LogP contribution in [0.1, 0.15) is 6.92 Å². The third kappa shape index (κ3) is 3.57. The number of anilines is 2. The number of carbonyl (C=O) groups excluding carboxylic acids is 2. The van der Waals surface area contributed by atoms with Crippen LogP contribution in [0, 0.1) is 0 Å². The van der Waals surface area contributed by atoms with Gasteiger partial charge in [0.2, 0.25) is 11.8 Å². The first-order chi connectivity index (χ1) is 13.1. The number of nitrogens with zero attached hydrogens (tertiary/aromatic N) is 1. The van der Waals surface area contributed by atoms with Crippen LogP contribution in [0.25, 0.3) is 10.9 Å². The number of carbonyl (C=O) groups is 2. The number of ether oxygens (including phenoxy) is 2. The minimum atomic E-state index is -0.158. The van der Waals surface area contributed by atoms with Gasteiger partial charge in [-0.25, -0.2) is 0 Å². The lowest BCUT2D eigenvalue weighted by Crippen LogP contribution is -2.19. The average Bonchev–Trinajstić information content (AvgIpc) is 3.05. The molecule has 0 unspecified atom stereocenters. The van der Waals surface area contributed by atoms with Crippen LogP contribution in [-0.4, -0.2) is 29.6 Å². The smallest absolute Gasteiger partial charge is 0.244 e. The molecule has 0 spiro atoms. The zero-order chi connectivity index (χ0) is 18.8. The summed E-state index contributed by atoms with van der Waals surface area (Å²) in [5, 5.41) is 6.57. The molecular formula is C20H19N3O4. The fourth-order valence-corrected chi connectivity index (χ4v) is 3.14. The van der Waals surface area contributed by atoms with Gasteiger partial charge in [0.1, 0.15) is 19.8 Å². The third-order valence-electron chi connectivity index (χ3n) is 4.26. The second-order valence-corrected chi connectivity index (χ2v) is 6.27. The zero-order valence-corrected chi connectivity index (χ0v) is 14.8. The molecule has 4 rings (SSSR count). The van der Waals surface area contributed by atoms with E-state index >= 15 is 0 Å². The summed E-state index contributed by atoms with van der Waals surface area (Å²) >= 11 is 0. The Hall–Kier alpha value is -3.48. The molecule has 27 heavy (non-hydrogen) atoms. The molecule has 2 heterocycles. The summed E-state index contributed by atoms with van der Waals surface area (Å²) in [5.41, 5.74) is 2.25. The molecule has 0 atom stereocenters. The van der Waals surface area contributed by atoms with E-state index in [2.05, 4.69) is 10.6 Å². The first-order valence-corrected chi connectivity index (χ1v) is 8.65. The molecule has 2 N–H and O–H groups in total. The maximum Gasteiger partial charge on any atom is 0.244 e. The minimum absolute atomic E-state index is 0.133. The average molecular weight is 365 g/mol. The van der Waals surface area contributed by atoms with Crippen molar-refractivity contribution in [3.05, 3.63) is 48.7 Å². The fraction of sp³-hybridized carbons (Fsp3) is 0.200. The molecule has 1 aliphatic rings. The number of hydrogen-bond acceptors (Lipinski definition) is 4. The van der Waals surface area contributed by atoms with E-state index in [0.717, 1.165) is 16.6 Å². The van der Waals surface area contributed by atoms with Crippen LogP contribution in [0.15, 0.2) is 48.7 Å². The Morgan fingerprint density at radius 1 is 1.04 bits per heavy atom. The predicted molar refractivity (Wildman–Crippen MR) is 102 cm³/mol. The topological polar surface area (TPSA) is 81.6 Å². The molecule has 7 nitrogen and oxygen atoms in total. The van der Waals surface area contributed by atoms with Crippen molar-refractivity contribution in [2.24, 2.45) is 0 Å². The molecule has 2 amide bonds. The molecule has 0 radical (unpaired) electrons. The molecule has 3 aromatic rings. The summed E-state index contributed by atoms with van der Waals surface area (Å²) in [6, 6.07) is 12.8. The van der Waals surface area contributed by atoms with E-state index in [1.54, 1.807) is 18.2 Å². The molecule has 1 aromatic heterocycles. The van der Waals surface area contributed by atoms with Gasteiger partial charge in [-0.2, -0.15) is 0 Å². The van der Waals surface area contributed by atoms with Gasteiger partial charge in [0.25, 0.3) is 0 Å². The summed E-state index contributed by atoms with van der Waals surface area (Å²) in [4.78, 5) is 23.8. The molecule has 0 saturated heterocycles. The lowest BCUT2D eigenvalue weighted by Gasteiger charge is -2.19. The number of nitrogens with one attached hydrogen (secondary N) is 2. The van der Waals surface area contributed by atoms with Gasteiger partial charge >= 0.3 is 0 Å². The SMILES string of the molecule is CC(=O)Nc1cccc2c1ccn2CC(=O)Nc1ccc2c(c1)OCCO2. The molecule has 0 bridgehead atoms. The Morgan fingerprint density at radius 3 is 2.67 bits per heavy atom. The Bertz CT molecular complexity index is 1030. The minimum Gasteiger partial charge on any atom is -0.486 e. The molecule has 138 valence electrons. The monoisotopic (exact) mass is 365 g/mol. The van der Waals surface area contributed by atoms with Gasteiger partial charge in [-0.3, -0.25) is 9.59 Å². The van der Waals surface area contributed by atoms with Gasteiger partial charge in [0.05, 0.1) is 11.2 Å². The number of hydrogen-bond donors (Lipinski definition) is 2. The van der Waals surface area contributed by atoms with Gasteiger partial charge in [-0.15, -0.1) is 0 Å². The highest BCUT2D eigenvalue weighted by molar-refractivity contribution is 6.01. The second-order valence-electron chi connectivity index (χ2n) is 6.27. The summed E-state index contributed by atoms with van der Waals surface area (Å²) in [7, 11) is 0. The van der Waals surface area contributed by atoms with E-state index in [0.29, 0.717) is 30.4 Å². The maximum absolute atomic E-state index is 12.5. The summed E-state index contributed by atoms with van der Waals surface area (Å²) in [6.45, 7) is 2.65. The van der Waals surface area contributed by atoms with Crippen molar-refractivity contribution >= 4 is 34.1 Å². The molecule has 1 aliphatic heterocycles. The quantitative estimate of drug-likeness (QED) is 0.745. The standard InChI is InChI=1S/C20H19N3O4/c1-13(24)21-16-3-2-4-17-15(16)7-8-23(17)12-20(25)22-14-5-6-18-19(11-14)27-10-9-26-18/h2-8,11H,9-10,12H2,1H3,(H,21,24)(H,22,25). The lowest BCUT2D eigenvalue weighted by molar-refractivity contribution is -0.116. The van der Waals surface area contributed by atoms with E-state index in [9.17, 15) is 9.59 Å². The van der Waals surface area contributed by atoms with Crippen molar-refractivity contribution in [1.82, 2.24) is 4.57 Å². The number of benzene rings is 2. The molecule has 0 fully saturated rings. The van der Waals surface area contributed by atoms with Gasteiger partial charge < -0.3 is 24.7 Å². The number of rotatable bonds is 4.